The van der Waals surface area contributed by atoms with Crippen LogP contribution in [0, 0.1) is 6.92 Å². The smallest absolute Gasteiger partial charge is 0.231 e. The molecule has 0 aliphatic rings. The molecule has 0 aliphatic heterocycles. The van der Waals surface area contributed by atoms with Gasteiger partial charge in [0.1, 0.15) is 0 Å². The first-order valence-electron chi connectivity index (χ1n) is 6.69. The molecule has 0 unspecified atom stereocenters. The highest BCUT2D eigenvalue weighted by atomic mass is 32.1. The van der Waals surface area contributed by atoms with Crippen molar-refractivity contribution < 1.29 is 0 Å². The number of hydrogen-bond donors (Lipinski definition) is 0. The summed E-state index contributed by atoms with van der Waals surface area (Å²) in [5.74, 6) is 0. The second-order valence-electron chi connectivity index (χ2n) is 5.03. The van der Waals surface area contributed by atoms with E-state index in [2.05, 4.69) is 26.2 Å². The van der Waals surface area contributed by atoms with Crippen LogP contribution in [0.4, 0.5) is 16.5 Å². The second kappa shape index (κ2) is 5.61. The van der Waals surface area contributed by atoms with Gasteiger partial charge in [-0.3, -0.25) is 0 Å². The summed E-state index contributed by atoms with van der Waals surface area (Å²) in [5, 5.41) is 9.28. The molecule has 0 radical (unpaired) electrons. The highest BCUT2D eigenvalue weighted by molar-refractivity contribution is 7.21. The topological polar surface area (TPSA) is 40.9 Å². The lowest BCUT2D eigenvalue weighted by molar-refractivity contribution is 1.12. The fourth-order valence-corrected chi connectivity index (χ4v) is 2.82. The van der Waals surface area contributed by atoms with Gasteiger partial charge in [0.15, 0.2) is 0 Å². The zero-order chi connectivity index (χ0) is 14.8. The maximum absolute atomic E-state index is 4.45. The van der Waals surface area contributed by atoms with Crippen LogP contribution in [0.15, 0.2) is 52.7 Å². The van der Waals surface area contributed by atoms with Crippen molar-refractivity contribution in [1.82, 2.24) is 4.98 Å². The number of nitrogens with zero attached hydrogens (tertiary/aromatic N) is 4. The number of aryl methyl sites for hydroxylation is 1. The van der Waals surface area contributed by atoms with Crippen molar-refractivity contribution in [3.8, 4) is 0 Å². The van der Waals surface area contributed by atoms with Gasteiger partial charge >= 0.3 is 0 Å². The molecule has 0 N–H and O–H groups in total. The van der Waals surface area contributed by atoms with Gasteiger partial charge in [0.2, 0.25) is 5.13 Å². The molecule has 3 aromatic rings. The highest BCUT2D eigenvalue weighted by Crippen LogP contribution is 2.30. The van der Waals surface area contributed by atoms with Crippen molar-refractivity contribution in [2.45, 2.75) is 6.92 Å². The summed E-state index contributed by atoms with van der Waals surface area (Å²) in [5.41, 5.74) is 4.11. The fourth-order valence-electron chi connectivity index (χ4n) is 2.03. The van der Waals surface area contributed by atoms with Crippen molar-refractivity contribution in [2.75, 3.05) is 19.0 Å². The molecular formula is C16H16N4S. The van der Waals surface area contributed by atoms with Gasteiger partial charge in [-0.1, -0.05) is 23.5 Å². The SMILES string of the molecule is Cc1cc(N(C)C)ccc1N=Nc1nc2ccccc2s1. The summed E-state index contributed by atoms with van der Waals surface area (Å²) >= 11 is 1.55. The quantitative estimate of drug-likeness (QED) is 0.632. The van der Waals surface area contributed by atoms with Crippen LogP contribution in [-0.4, -0.2) is 19.1 Å². The molecule has 5 heteroatoms. The van der Waals surface area contributed by atoms with Gasteiger partial charge in [-0.2, -0.15) is 0 Å². The monoisotopic (exact) mass is 296 g/mol. The van der Waals surface area contributed by atoms with E-state index in [9.17, 15) is 0 Å². The Morgan fingerprint density at radius 1 is 1.05 bits per heavy atom. The minimum Gasteiger partial charge on any atom is -0.378 e. The van der Waals surface area contributed by atoms with Crippen LogP contribution in [0.1, 0.15) is 5.56 Å². The summed E-state index contributed by atoms with van der Waals surface area (Å²) < 4.78 is 1.13. The summed E-state index contributed by atoms with van der Waals surface area (Å²) in [6.07, 6.45) is 0. The summed E-state index contributed by atoms with van der Waals surface area (Å²) in [7, 11) is 4.05. The molecule has 2 aromatic carbocycles. The summed E-state index contributed by atoms with van der Waals surface area (Å²) in [6, 6.07) is 14.2. The Labute approximate surface area is 127 Å². The Bertz CT molecular complexity index is 772. The van der Waals surface area contributed by atoms with Gasteiger partial charge in [-0.05, 0) is 42.8 Å². The van der Waals surface area contributed by atoms with E-state index in [1.165, 1.54) is 0 Å². The van der Waals surface area contributed by atoms with Crippen LogP contribution < -0.4 is 4.90 Å². The van der Waals surface area contributed by atoms with E-state index in [1.54, 1.807) is 11.3 Å². The van der Waals surface area contributed by atoms with E-state index in [4.69, 9.17) is 0 Å². The number of rotatable bonds is 3. The zero-order valence-electron chi connectivity index (χ0n) is 12.2. The first kappa shape index (κ1) is 13.7. The van der Waals surface area contributed by atoms with Crippen molar-refractivity contribution >= 4 is 38.1 Å². The van der Waals surface area contributed by atoms with Crippen molar-refractivity contribution in [3.05, 3.63) is 48.0 Å². The van der Waals surface area contributed by atoms with Gasteiger partial charge in [-0.25, -0.2) is 4.98 Å². The van der Waals surface area contributed by atoms with Gasteiger partial charge in [0.25, 0.3) is 0 Å². The van der Waals surface area contributed by atoms with Crippen molar-refractivity contribution in [3.63, 3.8) is 0 Å². The van der Waals surface area contributed by atoms with E-state index >= 15 is 0 Å². The van der Waals surface area contributed by atoms with Gasteiger partial charge in [0, 0.05) is 19.8 Å². The second-order valence-corrected chi connectivity index (χ2v) is 6.04. The molecule has 1 aromatic heterocycles. The first-order chi connectivity index (χ1) is 10.1. The number of anilines is 1. The van der Waals surface area contributed by atoms with Crippen LogP contribution in [0.5, 0.6) is 0 Å². The molecule has 4 nitrogen and oxygen atoms in total. The van der Waals surface area contributed by atoms with Crippen molar-refractivity contribution in [1.29, 1.82) is 0 Å². The third kappa shape index (κ3) is 2.92. The minimum atomic E-state index is 0.687. The van der Waals surface area contributed by atoms with Crippen LogP contribution in [0.2, 0.25) is 0 Å². The Kier molecular flexibility index (Phi) is 3.66. The van der Waals surface area contributed by atoms with E-state index < -0.39 is 0 Å². The molecule has 0 atom stereocenters. The van der Waals surface area contributed by atoms with Crippen LogP contribution >= 0.6 is 11.3 Å². The summed E-state index contributed by atoms with van der Waals surface area (Å²) in [4.78, 5) is 6.52. The largest absolute Gasteiger partial charge is 0.378 e. The normalized spacial score (nSPS) is 11.4. The third-order valence-electron chi connectivity index (χ3n) is 3.22. The van der Waals surface area contributed by atoms with Crippen LogP contribution in [0.25, 0.3) is 10.2 Å². The van der Waals surface area contributed by atoms with E-state index in [1.807, 2.05) is 57.4 Å². The Balaban J connectivity index is 1.88. The first-order valence-corrected chi connectivity index (χ1v) is 7.50. The Hall–Kier alpha value is -2.27. The number of hydrogen-bond acceptors (Lipinski definition) is 5. The molecule has 0 bridgehead atoms. The van der Waals surface area contributed by atoms with Gasteiger partial charge in [-0.15, -0.1) is 10.2 Å². The lowest BCUT2D eigenvalue weighted by atomic mass is 10.2. The number of thiazole rings is 1. The number of aromatic nitrogens is 1. The average molecular weight is 296 g/mol. The van der Waals surface area contributed by atoms with Crippen molar-refractivity contribution in [2.24, 2.45) is 10.2 Å². The standard InChI is InChI=1S/C16H16N4S/c1-11-10-12(20(2)3)8-9-13(11)18-19-16-17-14-6-4-5-7-15(14)21-16/h4-10H,1-3H3. The molecule has 1 heterocycles. The molecule has 0 aliphatic carbocycles. The molecule has 21 heavy (non-hydrogen) atoms. The number of para-hydroxylation sites is 1. The predicted octanol–water partition coefficient (Wildman–Crippen LogP) is 5.09. The van der Waals surface area contributed by atoms with E-state index in [-0.39, 0.29) is 0 Å². The summed E-state index contributed by atoms with van der Waals surface area (Å²) in [6.45, 7) is 2.04. The maximum atomic E-state index is 4.45. The molecule has 0 fully saturated rings. The fraction of sp³-hybridized carbons (Fsp3) is 0.188. The Morgan fingerprint density at radius 3 is 2.57 bits per heavy atom. The van der Waals surface area contributed by atoms with E-state index in [0.717, 1.165) is 27.2 Å². The number of fused-ring (bicyclic) bond motifs is 1. The lowest BCUT2D eigenvalue weighted by Gasteiger charge is -2.13. The Morgan fingerprint density at radius 2 is 1.86 bits per heavy atom. The molecule has 3 rings (SSSR count). The van der Waals surface area contributed by atoms with Crippen LogP contribution in [-0.2, 0) is 0 Å². The number of benzene rings is 2. The molecule has 0 saturated heterocycles. The van der Waals surface area contributed by atoms with Gasteiger partial charge in [0.05, 0.1) is 15.9 Å². The minimum absolute atomic E-state index is 0.687. The molecule has 106 valence electrons. The molecule has 0 amide bonds. The molecular weight excluding hydrogens is 280 g/mol. The van der Waals surface area contributed by atoms with E-state index in [0.29, 0.717) is 5.13 Å². The van der Waals surface area contributed by atoms with Crippen LogP contribution in [0.3, 0.4) is 0 Å². The maximum Gasteiger partial charge on any atom is 0.231 e. The average Bonchev–Trinajstić information content (AvgIpc) is 2.88. The highest BCUT2D eigenvalue weighted by Gasteiger charge is 2.03. The molecule has 0 saturated carbocycles. The van der Waals surface area contributed by atoms with Gasteiger partial charge < -0.3 is 4.90 Å². The zero-order valence-corrected chi connectivity index (χ0v) is 13.1. The third-order valence-corrected chi connectivity index (χ3v) is 4.14. The molecule has 0 spiro atoms. The number of azo groups is 1. The predicted molar refractivity (Wildman–Crippen MR) is 89.3 cm³/mol. The lowest BCUT2D eigenvalue weighted by Crippen LogP contribution is -2.08.